The van der Waals surface area contributed by atoms with Gasteiger partial charge in [-0.15, -0.1) is 24.0 Å². The van der Waals surface area contributed by atoms with Crippen molar-refractivity contribution >= 4 is 41.5 Å². The molecular formula is C17H30IN5O. The number of likely N-dealkylation sites (N-methyl/N-ethyl adjacent to an activating group) is 2. The molecule has 1 aromatic carbocycles. The number of carbonyl (C=O) groups excluding carboxylic acids is 1. The van der Waals surface area contributed by atoms with Gasteiger partial charge >= 0.3 is 0 Å². The molecule has 0 aliphatic rings. The second-order valence-electron chi connectivity index (χ2n) is 5.66. The fraction of sp³-hybridized carbons (Fsp3) is 0.529. The van der Waals surface area contributed by atoms with Gasteiger partial charge in [0.05, 0.1) is 0 Å². The van der Waals surface area contributed by atoms with Gasteiger partial charge in [-0.1, -0.05) is 18.2 Å². The molecule has 7 heteroatoms. The van der Waals surface area contributed by atoms with Gasteiger partial charge in [0.1, 0.15) is 6.54 Å². The lowest BCUT2D eigenvalue weighted by Crippen LogP contribution is -2.45. The van der Waals surface area contributed by atoms with Crippen LogP contribution in [-0.4, -0.2) is 63.6 Å². The molecular weight excluding hydrogens is 417 g/mol. The molecule has 1 rings (SSSR count). The summed E-state index contributed by atoms with van der Waals surface area (Å²) in [6.07, 6.45) is 0. The van der Waals surface area contributed by atoms with Gasteiger partial charge in [0.25, 0.3) is 0 Å². The third-order valence-corrected chi connectivity index (χ3v) is 3.60. The van der Waals surface area contributed by atoms with Gasteiger partial charge in [-0.05, 0) is 26.0 Å². The summed E-state index contributed by atoms with van der Waals surface area (Å²) in [5, 5.41) is 6.45. The van der Waals surface area contributed by atoms with E-state index in [9.17, 15) is 4.79 Å². The average molecular weight is 447 g/mol. The number of benzene rings is 1. The normalized spacial score (nSPS) is 12.0. The Bertz CT molecular complexity index is 507. The molecule has 24 heavy (non-hydrogen) atoms. The molecule has 0 bridgehead atoms. The van der Waals surface area contributed by atoms with Crippen molar-refractivity contribution in [3.8, 4) is 0 Å². The van der Waals surface area contributed by atoms with Crippen molar-refractivity contribution in [3.63, 3.8) is 0 Å². The van der Waals surface area contributed by atoms with E-state index in [1.54, 1.807) is 19.0 Å². The maximum Gasteiger partial charge on any atom is 0.243 e. The minimum atomic E-state index is -0.0170. The van der Waals surface area contributed by atoms with E-state index in [1.165, 1.54) is 5.69 Å². The van der Waals surface area contributed by atoms with Crippen molar-refractivity contribution in [2.75, 3.05) is 45.7 Å². The van der Waals surface area contributed by atoms with Crippen LogP contribution in [0.2, 0.25) is 0 Å². The molecule has 0 spiro atoms. The maximum absolute atomic E-state index is 11.6. The van der Waals surface area contributed by atoms with Crippen LogP contribution in [0, 0.1) is 0 Å². The lowest BCUT2D eigenvalue weighted by molar-refractivity contribution is -0.127. The fourth-order valence-corrected chi connectivity index (χ4v) is 1.93. The number of guanidine groups is 1. The molecule has 2 N–H and O–H groups in total. The van der Waals surface area contributed by atoms with E-state index in [4.69, 9.17) is 0 Å². The summed E-state index contributed by atoms with van der Waals surface area (Å²) in [6.45, 7) is 5.78. The number of nitrogens with one attached hydrogen (secondary N) is 2. The number of rotatable bonds is 7. The fourth-order valence-electron chi connectivity index (χ4n) is 1.93. The number of hydrogen-bond acceptors (Lipinski definition) is 3. The predicted molar refractivity (Wildman–Crippen MR) is 112 cm³/mol. The van der Waals surface area contributed by atoms with E-state index >= 15 is 0 Å². The van der Waals surface area contributed by atoms with E-state index in [0.29, 0.717) is 5.96 Å². The third-order valence-electron chi connectivity index (χ3n) is 3.60. The minimum absolute atomic E-state index is 0. The molecule has 0 aliphatic heterocycles. The Morgan fingerprint density at radius 2 is 1.79 bits per heavy atom. The molecule has 1 amide bonds. The summed E-state index contributed by atoms with van der Waals surface area (Å²) in [5.74, 6) is 0.646. The Labute approximate surface area is 162 Å². The van der Waals surface area contributed by atoms with E-state index in [0.717, 1.165) is 13.1 Å². The van der Waals surface area contributed by atoms with Gasteiger partial charge in [-0.3, -0.25) is 4.79 Å². The van der Waals surface area contributed by atoms with Crippen molar-refractivity contribution < 1.29 is 4.79 Å². The summed E-state index contributed by atoms with van der Waals surface area (Å²) >= 11 is 0. The van der Waals surface area contributed by atoms with Gasteiger partial charge in [-0.2, -0.15) is 0 Å². The number of halogens is 1. The van der Waals surface area contributed by atoms with Gasteiger partial charge in [0, 0.05) is 46.0 Å². The van der Waals surface area contributed by atoms with Crippen LogP contribution in [0.1, 0.15) is 13.8 Å². The second kappa shape index (κ2) is 11.9. The lowest BCUT2D eigenvalue weighted by Gasteiger charge is -2.27. The van der Waals surface area contributed by atoms with Crippen LogP contribution >= 0.6 is 24.0 Å². The first-order valence-corrected chi connectivity index (χ1v) is 7.96. The topological polar surface area (TPSA) is 60.0 Å². The predicted octanol–water partition coefficient (Wildman–Crippen LogP) is 1.77. The van der Waals surface area contributed by atoms with E-state index in [-0.39, 0.29) is 42.5 Å². The standard InChI is InChI=1S/C17H29N5O.HI/c1-6-18-17(20-13-16(23)21(3)4)19-12-14(2)22(5)15-10-8-7-9-11-15;/h7-11,14H,6,12-13H2,1-5H3,(H2,18,19,20);1H. The van der Waals surface area contributed by atoms with Gasteiger partial charge < -0.3 is 20.4 Å². The minimum Gasteiger partial charge on any atom is -0.370 e. The molecule has 0 heterocycles. The average Bonchev–Trinajstić information content (AvgIpc) is 2.56. The number of carbonyl (C=O) groups is 1. The number of para-hydroxylation sites is 1. The smallest absolute Gasteiger partial charge is 0.243 e. The van der Waals surface area contributed by atoms with Gasteiger partial charge in [0.2, 0.25) is 5.91 Å². The van der Waals surface area contributed by atoms with Gasteiger partial charge in [0.15, 0.2) is 5.96 Å². The highest BCUT2D eigenvalue weighted by molar-refractivity contribution is 14.0. The zero-order valence-corrected chi connectivity index (χ0v) is 17.6. The summed E-state index contributed by atoms with van der Waals surface area (Å²) in [7, 11) is 5.53. The number of nitrogens with zero attached hydrogens (tertiary/aromatic N) is 3. The Kier molecular flexibility index (Phi) is 11.2. The molecule has 1 unspecified atom stereocenters. The molecule has 136 valence electrons. The lowest BCUT2D eigenvalue weighted by atomic mass is 10.2. The molecule has 0 aliphatic carbocycles. The van der Waals surface area contributed by atoms with Crippen LogP contribution in [0.4, 0.5) is 5.69 Å². The van der Waals surface area contributed by atoms with Gasteiger partial charge in [-0.25, -0.2) is 4.99 Å². The number of amides is 1. The number of hydrogen-bond donors (Lipinski definition) is 2. The Morgan fingerprint density at radius 3 is 2.33 bits per heavy atom. The van der Waals surface area contributed by atoms with Crippen LogP contribution < -0.4 is 15.5 Å². The summed E-state index contributed by atoms with van der Waals surface area (Å²) in [4.78, 5) is 19.7. The van der Waals surface area contributed by atoms with Crippen LogP contribution in [0.3, 0.4) is 0 Å². The van der Waals surface area contributed by atoms with Crippen molar-refractivity contribution in [1.82, 2.24) is 15.5 Å². The highest BCUT2D eigenvalue weighted by atomic mass is 127. The Morgan fingerprint density at radius 1 is 1.17 bits per heavy atom. The zero-order valence-electron chi connectivity index (χ0n) is 15.2. The first-order valence-electron chi connectivity index (χ1n) is 7.96. The highest BCUT2D eigenvalue weighted by Crippen LogP contribution is 2.13. The maximum atomic E-state index is 11.6. The monoisotopic (exact) mass is 447 g/mol. The zero-order chi connectivity index (χ0) is 17.2. The largest absolute Gasteiger partial charge is 0.370 e. The second-order valence-corrected chi connectivity index (χ2v) is 5.66. The molecule has 1 aromatic rings. The molecule has 0 saturated carbocycles. The SMILES string of the molecule is CCNC(=NCC(=O)N(C)C)NCC(C)N(C)c1ccccc1.I. The van der Waals surface area contributed by atoms with Crippen LogP contribution in [-0.2, 0) is 4.79 Å². The van der Waals surface area contributed by atoms with Crippen molar-refractivity contribution in [3.05, 3.63) is 30.3 Å². The van der Waals surface area contributed by atoms with E-state index in [2.05, 4.69) is 46.6 Å². The summed E-state index contributed by atoms with van der Waals surface area (Å²) < 4.78 is 0. The third kappa shape index (κ3) is 7.85. The summed E-state index contributed by atoms with van der Waals surface area (Å²) in [6, 6.07) is 10.5. The number of aliphatic imine (C=N–C) groups is 1. The van der Waals surface area contributed by atoms with Crippen molar-refractivity contribution in [1.29, 1.82) is 0 Å². The van der Waals surface area contributed by atoms with Crippen LogP contribution in [0.15, 0.2) is 35.3 Å². The Hall–Kier alpha value is -1.51. The molecule has 0 aromatic heterocycles. The van der Waals surface area contributed by atoms with E-state index in [1.807, 2.05) is 25.1 Å². The molecule has 6 nitrogen and oxygen atoms in total. The van der Waals surface area contributed by atoms with Crippen LogP contribution in [0.5, 0.6) is 0 Å². The highest BCUT2D eigenvalue weighted by Gasteiger charge is 2.11. The first-order chi connectivity index (χ1) is 11.0. The molecule has 0 radical (unpaired) electrons. The Balaban J connectivity index is 0.00000529. The van der Waals surface area contributed by atoms with Crippen molar-refractivity contribution in [2.45, 2.75) is 19.9 Å². The molecule has 1 atom stereocenters. The molecule has 0 fully saturated rings. The summed E-state index contributed by atoms with van der Waals surface area (Å²) in [5.41, 5.74) is 1.17. The quantitative estimate of drug-likeness (QED) is 0.380. The van der Waals surface area contributed by atoms with Crippen molar-refractivity contribution in [2.24, 2.45) is 4.99 Å². The van der Waals surface area contributed by atoms with E-state index < -0.39 is 0 Å². The molecule has 0 saturated heterocycles. The number of anilines is 1. The first kappa shape index (κ1) is 22.5. The van der Waals surface area contributed by atoms with Crippen LogP contribution in [0.25, 0.3) is 0 Å².